The lowest BCUT2D eigenvalue weighted by Gasteiger charge is -2.44. The fourth-order valence-corrected chi connectivity index (χ4v) is 4.85. The van der Waals surface area contributed by atoms with Crippen molar-refractivity contribution in [3.8, 4) is 0 Å². The smallest absolute Gasteiger partial charge is 0.267 e. The van der Waals surface area contributed by atoms with Crippen LogP contribution in [0.3, 0.4) is 0 Å². The highest BCUT2D eigenvalue weighted by atomic mass is 16.5. The van der Waals surface area contributed by atoms with Gasteiger partial charge in [0.1, 0.15) is 0 Å². The van der Waals surface area contributed by atoms with Gasteiger partial charge in [-0.15, -0.1) is 0 Å². The second-order valence-electron chi connectivity index (χ2n) is 9.40. The minimum atomic E-state index is -0.528. The van der Waals surface area contributed by atoms with Crippen molar-refractivity contribution >= 4 is 12.0 Å². The topological polar surface area (TPSA) is 59.0 Å². The van der Waals surface area contributed by atoms with Gasteiger partial charge in [0.25, 0.3) is 5.91 Å². The lowest BCUT2D eigenvalue weighted by atomic mass is 10.0. The number of benzene rings is 2. The number of amides is 1. The summed E-state index contributed by atoms with van der Waals surface area (Å²) in [6, 6.07) is 18.3. The van der Waals surface area contributed by atoms with Gasteiger partial charge in [-0.1, -0.05) is 62.4 Å². The molecule has 3 rings (SSSR count). The number of rotatable bonds is 10. The van der Waals surface area contributed by atoms with Crippen LogP contribution in [0, 0.1) is 0 Å². The predicted octanol–water partition coefficient (Wildman–Crippen LogP) is 4.14. The first-order valence-electron chi connectivity index (χ1n) is 12.4. The van der Waals surface area contributed by atoms with Crippen molar-refractivity contribution in [3.05, 3.63) is 76.9 Å². The van der Waals surface area contributed by atoms with Gasteiger partial charge in [0.05, 0.1) is 0 Å². The molecular weight excluding hydrogens is 424 g/mol. The zero-order valence-electron chi connectivity index (χ0n) is 21.1. The Labute approximate surface area is 204 Å². The minimum absolute atomic E-state index is 0.468. The molecule has 2 aromatic carbocycles. The van der Waals surface area contributed by atoms with Crippen LogP contribution in [0.15, 0.2) is 54.6 Å². The van der Waals surface area contributed by atoms with Crippen LogP contribution >= 0.6 is 0 Å². The number of hydroxylamine groups is 1. The fraction of sp³-hybridized carbons (Fsp3) is 0.464. The van der Waals surface area contributed by atoms with E-state index in [9.17, 15) is 4.79 Å². The third kappa shape index (κ3) is 7.50. The van der Waals surface area contributed by atoms with E-state index in [1.807, 2.05) is 12.1 Å². The molecular formula is C28H40N4O2. The normalized spacial score (nSPS) is 19.7. The van der Waals surface area contributed by atoms with Crippen molar-refractivity contribution in [3.63, 3.8) is 0 Å². The van der Waals surface area contributed by atoms with Gasteiger partial charge >= 0.3 is 0 Å². The fourth-order valence-electron chi connectivity index (χ4n) is 4.85. The van der Waals surface area contributed by atoms with E-state index in [4.69, 9.17) is 5.21 Å². The molecule has 2 aromatic rings. The van der Waals surface area contributed by atoms with Crippen LogP contribution in [-0.2, 0) is 24.4 Å². The van der Waals surface area contributed by atoms with E-state index < -0.39 is 5.91 Å². The maximum atomic E-state index is 11.2. The highest BCUT2D eigenvalue weighted by molar-refractivity contribution is 5.90. The molecule has 2 N–H and O–H groups in total. The molecule has 1 aliphatic heterocycles. The van der Waals surface area contributed by atoms with Gasteiger partial charge < -0.3 is 0 Å². The lowest BCUT2D eigenvalue weighted by molar-refractivity contribution is -0.124. The van der Waals surface area contributed by atoms with E-state index >= 15 is 0 Å². The van der Waals surface area contributed by atoms with E-state index in [0.717, 1.165) is 51.4 Å². The number of carbonyl (C=O) groups excluding carboxylic acids is 1. The van der Waals surface area contributed by atoms with Crippen molar-refractivity contribution < 1.29 is 10.0 Å². The van der Waals surface area contributed by atoms with Gasteiger partial charge in [0, 0.05) is 50.9 Å². The van der Waals surface area contributed by atoms with Gasteiger partial charge in [0.2, 0.25) is 0 Å². The molecule has 1 aliphatic rings. The second-order valence-corrected chi connectivity index (χ2v) is 9.40. The Kier molecular flexibility index (Phi) is 9.84. The summed E-state index contributed by atoms with van der Waals surface area (Å²) < 4.78 is 0. The van der Waals surface area contributed by atoms with Crippen LogP contribution in [0.25, 0.3) is 6.08 Å². The van der Waals surface area contributed by atoms with Crippen molar-refractivity contribution in [2.24, 2.45) is 0 Å². The molecule has 1 saturated heterocycles. The standard InChI is InChI=1S/C28H40N4O2/c1-5-30(6-2)19-26-8-7-9-27(16-26)20-31-17-22(3)32(23(4)18-31)21-25-12-10-24(11-13-25)14-15-28(33)29-34/h7-16,22-23,34H,5-6,17-21H2,1-4H3,(H,29,33)/b15-14+/t22-,23-/m0/s1. The lowest BCUT2D eigenvalue weighted by Crippen LogP contribution is -2.55. The summed E-state index contributed by atoms with van der Waals surface area (Å²) in [4.78, 5) is 18.8. The first-order valence-corrected chi connectivity index (χ1v) is 12.4. The number of piperazine rings is 1. The first kappa shape index (κ1) is 26.1. The maximum Gasteiger partial charge on any atom is 0.267 e. The number of carbonyl (C=O) groups is 1. The van der Waals surface area contributed by atoms with Gasteiger partial charge in [-0.3, -0.25) is 24.7 Å². The maximum absolute atomic E-state index is 11.2. The summed E-state index contributed by atoms with van der Waals surface area (Å²) >= 11 is 0. The van der Waals surface area contributed by atoms with Crippen LogP contribution in [0.1, 0.15) is 49.9 Å². The molecule has 0 unspecified atom stereocenters. The zero-order valence-corrected chi connectivity index (χ0v) is 21.1. The Balaban J connectivity index is 1.56. The van der Waals surface area contributed by atoms with E-state index in [2.05, 4.69) is 78.8 Å². The van der Waals surface area contributed by atoms with Crippen LogP contribution in [0.5, 0.6) is 0 Å². The number of nitrogens with one attached hydrogen (secondary N) is 1. The molecule has 0 saturated carbocycles. The summed E-state index contributed by atoms with van der Waals surface area (Å²) in [6.45, 7) is 16.3. The SMILES string of the molecule is CCN(CC)Cc1cccc(CN2C[C@H](C)N(Cc3ccc(/C=C/C(=O)NO)cc3)[C@@H](C)C2)c1. The van der Waals surface area contributed by atoms with E-state index in [0.29, 0.717) is 12.1 Å². The van der Waals surface area contributed by atoms with Crippen LogP contribution in [-0.4, -0.2) is 64.1 Å². The van der Waals surface area contributed by atoms with Crippen molar-refractivity contribution in [1.29, 1.82) is 0 Å². The Morgan fingerprint density at radius 1 is 1.00 bits per heavy atom. The van der Waals surface area contributed by atoms with E-state index in [-0.39, 0.29) is 0 Å². The molecule has 0 bridgehead atoms. The Bertz CT molecular complexity index is 928. The predicted molar refractivity (Wildman–Crippen MR) is 138 cm³/mol. The summed E-state index contributed by atoms with van der Waals surface area (Å²) in [5, 5.41) is 8.59. The van der Waals surface area contributed by atoms with Crippen molar-refractivity contribution in [2.75, 3.05) is 26.2 Å². The molecule has 1 fully saturated rings. The quantitative estimate of drug-likeness (QED) is 0.314. The molecule has 184 valence electrons. The Morgan fingerprint density at radius 3 is 2.26 bits per heavy atom. The molecule has 0 radical (unpaired) electrons. The molecule has 1 amide bonds. The van der Waals surface area contributed by atoms with Gasteiger partial charge in [-0.05, 0) is 55.3 Å². The van der Waals surface area contributed by atoms with Crippen LogP contribution in [0.2, 0.25) is 0 Å². The minimum Gasteiger partial charge on any atom is -0.300 e. The molecule has 0 aliphatic carbocycles. The second kappa shape index (κ2) is 12.8. The summed E-state index contributed by atoms with van der Waals surface area (Å²) in [5.41, 5.74) is 6.60. The molecule has 34 heavy (non-hydrogen) atoms. The van der Waals surface area contributed by atoms with Gasteiger partial charge in [-0.2, -0.15) is 0 Å². The third-order valence-electron chi connectivity index (χ3n) is 6.76. The van der Waals surface area contributed by atoms with Crippen LogP contribution in [0.4, 0.5) is 0 Å². The zero-order chi connectivity index (χ0) is 24.5. The Morgan fingerprint density at radius 2 is 1.65 bits per heavy atom. The highest BCUT2D eigenvalue weighted by Crippen LogP contribution is 2.21. The Hall–Kier alpha value is -2.51. The molecule has 2 atom stereocenters. The summed E-state index contributed by atoms with van der Waals surface area (Å²) in [6.07, 6.45) is 3.01. The molecule has 0 spiro atoms. The molecule has 1 heterocycles. The number of hydrogen-bond donors (Lipinski definition) is 2. The van der Waals surface area contributed by atoms with E-state index in [1.165, 1.54) is 22.8 Å². The summed E-state index contributed by atoms with van der Waals surface area (Å²) in [7, 11) is 0. The third-order valence-corrected chi connectivity index (χ3v) is 6.76. The number of nitrogens with zero attached hydrogens (tertiary/aromatic N) is 3. The number of hydrogen-bond acceptors (Lipinski definition) is 5. The molecule has 0 aromatic heterocycles. The average molecular weight is 465 g/mol. The van der Waals surface area contributed by atoms with Gasteiger partial charge in [-0.25, -0.2) is 5.48 Å². The monoisotopic (exact) mass is 464 g/mol. The van der Waals surface area contributed by atoms with E-state index in [1.54, 1.807) is 11.6 Å². The van der Waals surface area contributed by atoms with Crippen molar-refractivity contribution in [1.82, 2.24) is 20.2 Å². The molecule has 6 heteroatoms. The molecule has 6 nitrogen and oxygen atoms in total. The highest BCUT2D eigenvalue weighted by Gasteiger charge is 2.29. The average Bonchev–Trinajstić information content (AvgIpc) is 2.84. The largest absolute Gasteiger partial charge is 0.300 e. The summed E-state index contributed by atoms with van der Waals surface area (Å²) in [5.74, 6) is -0.528. The van der Waals surface area contributed by atoms with Crippen molar-refractivity contribution in [2.45, 2.75) is 59.4 Å². The van der Waals surface area contributed by atoms with Crippen LogP contribution < -0.4 is 5.48 Å². The van der Waals surface area contributed by atoms with Gasteiger partial charge in [0.15, 0.2) is 0 Å². The first-order chi connectivity index (χ1) is 16.4.